The topological polar surface area (TPSA) is 109 Å². The largest absolute Gasteiger partial charge is 0.493 e. The van der Waals surface area contributed by atoms with Gasteiger partial charge in [-0.05, 0) is 24.4 Å². The number of nitrogens with zero attached hydrogens (tertiary/aromatic N) is 1. The van der Waals surface area contributed by atoms with Crippen molar-refractivity contribution in [1.29, 1.82) is 0 Å². The highest BCUT2D eigenvalue weighted by atomic mass is 32.1. The Morgan fingerprint density at radius 1 is 1.33 bits per heavy atom. The molecule has 0 unspecified atom stereocenters. The number of carbonyl (C=O) groups excluding carboxylic acids is 1. The van der Waals surface area contributed by atoms with Gasteiger partial charge in [0.2, 0.25) is 5.91 Å². The summed E-state index contributed by atoms with van der Waals surface area (Å²) >= 11 is 4.84. The highest BCUT2D eigenvalue weighted by molar-refractivity contribution is 7.71. The number of carbonyl (C=O) groups is 1. The SMILES string of the molecule is COc1cccc(/C=N\NC(=O)Cc2cc(=O)[nH]c(=S)[nH]2)c1OC. The number of nitrogens with one attached hydrogen (secondary N) is 3. The molecule has 0 aliphatic carbocycles. The third kappa shape index (κ3) is 4.53. The molecule has 0 aliphatic rings. The van der Waals surface area contributed by atoms with E-state index in [1.54, 1.807) is 18.2 Å². The Morgan fingerprint density at radius 3 is 2.79 bits per heavy atom. The highest BCUT2D eigenvalue weighted by Crippen LogP contribution is 2.29. The summed E-state index contributed by atoms with van der Waals surface area (Å²) in [6.45, 7) is 0. The van der Waals surface area contributed by atoms with E-state index in [9.17, 15) is 9.59 Å². The van der Waals surface area contributed by atoms with Crippen molar-refractivity contribution in [3.8, 4) is 11.5 Å². The molecule has 0 saturated carbocycles. The molecule has 2 aromatic rings. The molecule has 0 radical (unpaired) electrons. The van der Waals surface area contributed by atoms with Gasteiger partial charge in [-0.15, -0.1) is 0 Å². The lowest BCUT2D eigenvalue weighted by molar-refractivity contribution is -0.120. The van der Waals surface area contributed by atoms with Crippen LogP contribution in [0.1, 0.15) is 11.3 Å². The van der Waals surface area contributed by atoms with Gasteiger partial charge < -0.3 is 14.5 Å². The zero-order valence-electron chi connectivity index (χ0n) is 13.1. The second kappa shape index (κ2) is 8.06. The number of para-hydroxylation sites is 1. The number of aromatic nitrogens is 2. The molecule has 8 nitrogen and oxygen atoms in total. The van der Waals surface area contributed by atoms with Crippen molar-refractivity contribution < 1.29 is 14.3 Å². The maximum Gasteiger partial charge on any atom is 0.251 e. The molecule has 126 valence electrons. The number of aromatic amines is 2. The van der Waals surface area contributed by atoms with E-state index in [-0.39, 0.29) is 16.8 Å². The number of benzene rings is 1. The third-order valence-corrected chi connectivity index (χ3v) is 3.20. The van der Waals surface area contributed by atoms with Gasteiger partial charge in [0, 0.05) is 17.3 Å². The van der Waals surface area contributed by atoms with Crippen LogP contribution in [-0.2, 0) is 11.2 Å². The molecule has 0 bridgehead atoms. The molecule has 1 aromatic heterocycles. The van der Waals surface area contributed by atoms with Crippen LogP contribution in [0.5, 0.6) is 11.5 Å². The smallest absolute Gasteiger partial charge is 0.251 e. The first kappa shape index (κ1) is 17.4. The quantitative estimate of drug-likeness (QED) is 0.412. The number of hydrogen-bond acceptors (Lipinski definition) is 6. The van der Waals surface area contributed by atoms with Crippen molar-refractivity contribution >= 4 is 24.3 Å². The fourth-order valence-electron chi connectivity index (χ4n) is 2.01. The molecule has 9 heteroatoms. The van der Waals surface area contributed by atoms with Gasteiger partial charge in [-0.25, -0.2) is 5.43 Å². The summed E-state index contributed by atoms with van der Waals surface area (Å²) in [7, 11) is 3.05. The summed E-state index contributed by atoms with van der Waals surface area (Å²) < 4.78 is 10.6. The number of hydrazone groups is 1. The standard InChI is InChI=1S/C15H16N4O4S/c1-22-11-5-3-4-9(14(11)23-2)8-16-19-13(21)7-10-6-12(20)18-15(24)17-10/h3-6,8H,7H2,1-2H3,(H,19,21)(H2,17,18,20,24)/b16-8-. The van der Waals surface area contributed by atoms with E-state index in [4.69, 9.17) is 21.7 Å². The van der Waals surface area contributed by atoms with Crippen LogP contribution in [0.4, 0.5) is 0 Å². The van der Waals surface area contributed by atoms with E-state index in [0.29, 0.717) is 22.8 Å². The molecular weight excluding hydrogens is 332 g/mol. The lowest BCUT2D eigenvalue weighted by Crippen LogP contribution is -2.21. The Hall–Kier alpha value is -2.94. The summed E-state index contributed by atoms with van der Waals surface area (Å²) in [4.78, 5) is 28.3. The zero-order valence-corrected chi connectivity index (χ0v) is 13.9. The number of rotatable bonds is 6. The summed E-state index contributed by atoms with van der Waals surface area (Å²) in [6.07, 6.45) is 1.39. The van der Waals surface area contributed by atoms with E-state index >= 15 is 0 Å². The summed E-state index contributed by atoms with van der Waals surface area (Å²) in [5, 5.41) is 3.88. The lowest BCUT2D eigenvalue weighted by atomic mass is 10.2. The number of hydrogen-bond donors (Lipinski definition) is 3. The third-order valence-electron chi connectivity index (χ3n) is 2.99. The van der Waals surface area contributed by atoms with E-state index < -0.39 is 5.91 Å². The van der Waals surface area contributed by atoms with Crippen molar-refractivity contribution in [3.05, 3.63) is 50.6 Å². The molecule has 1 aromatic carbocycles. The molecule has 24 heavy (non-hydrogen) atoms. The highest BCUT2D eigenvalue weighted by Gasteiger charge is 2.08. The van der Waals surface area contributed by atoms with Crippen molar-refractivity contribution in [2.24, 2.45) is 5.10 Å². The number of methoxy groups -OCH3 is 2. The fourth-order valence-corrected chi connectivity index (χ4v) is 2.25. The average molecular weight is 348 g/mol. The molecule has 1 heterocycles. The van der Waals surface area contributed by atoms with E-state index in [1.165, 1.54) is 26.5 Å². The maximum absolute atomic E-state index is 11.9. The van der Waals surface area contributed by atoms with Crippen LogP contribution in [0.3, 0.4) is 0 Å². The maximum atomic E-state index is 11.9. The monoisotopic (exact) mass is 348 g/mol. The van der Waals surface area contributed by atoms with Gasteiger partial charge >= 0.3 is 0 Å². The molecule has 0 aliphatic heterocycles. The van der Waals surface area contributed by atoms with Gasteiger partial charge in [0.1, 0.15) is 0 Å². The fraction of sp³-hybridized carbons (Fsp3) is 0.200. The minimum atomic E-state index is -0.399. The van der Waals surface area contributed by atoms with E-state index in [0.717, 1.165) is 0 Å². The Labute approximate surface area is 142 Å². The number of amides is 1. The van der Waals surface area contributed by atoms with Crippen LogP contribution in [0, 0.1) is 4.77 Å². The molecule has 0 saturated heterocycles. The first-order chi connectivity index (χ1) is 11.5. The minimum Gasteiger partial charge on any atom is -0.493 e. The second-order valence-corrected chi connectivity index (χ2v) is 5.07. The predicted octanol–water partition coefficient (Wildman–Crippen LogP) is 1.14. The molecule has 0 fully saturated rings. The van der Waals surface area contributed by atoms with Crippen LogP contribution in [-0.4, -0.2) is 36.3 Å². The lowest BCUT2D eigenvalue weighted by Gasteiger charge is -2.09. The van der Waals surface area contributed by atoms with Gasteiger partial charge in [0.05, 0.1) is 26.9 Å². The van der Waals surface area contributed by atoms with Gasteiger partial charge in [-0.1, -0.05) is 6.07 Å². The number of H-pyrrole nitrogens is 2. The Bertz CT molecular complexity index is 844. The summed E-state index contributed by atoms with van der Waals surface area (Å²) in [5.74, 6) is 0.671. The van der Waals surface area contributed by atoms with Crippen LogP contribution >= 0.6 is 12.2 Å². The van der Waals surface area contributed by atoms with E-state index in [1.807, 2.05) is 0 Å². The first-order valence-electron chi connectivity index (χ1n) is 6.89. The number of ether oxygens (including phenoxy) is 2. The molecular formula is C15H16N4O4S. The van der Waals surface area contributed by atoms with Crippen molar-refractivity contribution in [2.75, 3.05) is 14.2 Å². The second-order valence-electron chi connectivity index (χ2n) is 4.67. The van der Waals surface area contributed by atoms with Gasteiger partial charge in [-0.2, -0.15) is 5.10 Å². The molecule has 2 rings (SSSR count). The van der Waals surface area contributed by atoms with Gasteiger partial charge in [-0.3, -0.25) is 14.6 Å². The van der Waals surface area contributed by atoms with Crippen LogP contribution < -0.4 is 20.5 Å². The summed E-state index contributed by atoms with van der Waals surface area (Å²) in [6, 6.07) is 6.57. The Balaban J connectivity index is 2.05. The van der Waals surface area contributed by atoms with Gasteiger partial charge in [0.25, 0.3) is 5.56 Å². The van der Waals surface area contributed by atoms with Crippen LogP contribution in [0.15, 0.2) is 34.2 Å². The molecule has 0 spiro atoms. The molecule has 1 amide bonds. The average Bonchev–Trinajstić information content (AvgIpc) is 2.53. The minimum absolute atomic E-state index is 0.0554. The Kier molecular flexibility index (Phi) is 5.85. The molecule has 3 N–H and O–H groups in total. The van der Waals surface area contributed by atoms with Crippen LogP contribution in [0.25, 0.3) is 0 Å². The van der Waals surface area contributed by atoms with Gasteiger partial charge in [0.15, 0.2) is 16.3 Å². The first-order valence-corrected chi connectivity index (χ1v) is 7.29. The summed E-state index contributed by atoms with van der Waals surface area (Å²) in [5.41, 5.74) is 3.05. The predicted molar refractivity (Wildman–Crippen MR) is 91.2 cm³/mol. The molecule has 0 atom stereocenters. The zero-order chi connectivity index (χ0) is 17.5. The van der Waals surface area contributed by atoms with E-state index in [2.05, 4.69) is 20.5 Å². The normalized spacial score (nSPS) is 10.6. The van der Waals surface area contributed by atoms with Crippen LogP contribution in [0.2, 0.25) is 0 Å². The Morgan fingerprint density at radius 2 is 2.12 bits per heavy atom. The van der Waals surface area contributed by atoms with Crippen molar-refractivity contribution in [2.45, 2.75) is 6.42 Å². The van der Waals surface area contributed by atoms with Crippen molar-refractivity contribution in [1.82, 2.24) is 15.4 Å². The van der Waals surface area contributed by atoms with Crippen molar-refractivity contribution in [3.63, 3.8) is 0 Å².